The van der Waals surface area contributed by atoms with E-state index in [1.165, 1.54) is 18.2 Å². The van der Waals surface area contributed by atoms with Crippen LogP contribution in [0.5, 0.6) is 5.75 Å². The zero-order valence-electron chi connectivity index (χ0n) is 13.2. The van der Waals surface area contributed by atoms with Crippen LogP contribution in [0.1, 0.15) is 32.1 Å². The predicted molar refractivity (Wildman–Crippen MR) is 87.6 cm³/mol. The number of carbonyl (C=O) groups excluding carboxylic acids is 2. The molecule has 0 bridgehead atoms. The van der Waals surface area contributed by atoms with Gasteiger partial charge in [-0.15, -0.1) is 0 Å². The van der Waals surface area contributed by atoms with Gasteiger partial charge < -0.3 is 15.4 Å². The van der Waals surface area contributed by atoms with Gasteiger partial charge in [0.1, 0.15) is 5.75 Å². The van der Waals surface area contributed by atoms with Crippen molar-refractivity contribution in [2.75, 3.05) is 17.7 Å². The van der Waals surface area contributed by atoms with Crippen LogP contribution >= 0.6 is 0 Å². The van der Waals surface area contributed by atoms with E-state index in [0.717, 1.165) is 25.7 Å². The van der Waals surface area contributed by atoms with Gasteiger partial charge in [-0.05, 0) is 31.0 Å². The first-order valence-corrected chi connectivity index (χ1v) is 9.68. The third kappa shape index (κ3) is 3.87. The van der Waals surface area contributed by atoms with Gasteiger partial charge >= 0.3 is 0 Å². The molecule has 0 unspecified atom stereocenters. The van der Waals surface area contributed by atoms with E-state index in [-0.39, 0.29) is 41.5 Å². The van der Waals surface area contributed by atoms with Crippen molar-refractivity contribution in [3.8, 4) is 5.75 Å². The van der Waals surface area contributed by atoms with Gasteiger partial charge in [-0.3, -0.25) is 9.59 Å². The molecule has 1 saturated carbocycles. The Hall–Kier alpha value is -2.09. The lowest BCUT2D eigenvalue weighted by Crippen LogP contribution is -2.33. The summed E-state index contributed by atoms with van der Waals surface area (Å²) in [5.74, 6) is -0.389. The minimum Gasteiger partial charge on any atom is -0.482 e. The average molecular weight is 352 g/mol. The lowest BCUT2D eigenvalue weighted by molar-refractivity contribution is -0.121. The van der Waals surface area contributed by atoms with Crippen LogP contribution < -0.4 is 15.4 Å². The zero-order valence-corrected chi connectivity index (χ0v) is 14.0. The minimum atomic E-state index is -3.61. The molecule has 0 spiro atoms. The second kappa shape index (κ2) is 6.80. The molecular formula is C16H20N2O5S. The summed E-state index contributed by atoms with van der Waals surface area (Å²) in [6.07, 6.45) is 4.06. The zero-order chi connectivity index (χ0) is 17.2. The second-order valence-electron chi connectivity index (χ2n) is 6.11. The first-order valence-electron chi connectivity index (χ1n) is 8.03. The topological polar surface area (TPSA) is 102 Å². The third-order valence-corrected chi connectivity index (χ3v) is 5.97. The maximum Gasteiger partial charge on any atom is 0.262 e. The molecule has 24 heavy (non-hydrogen) atoms. The van der Waals surface area contributed by atoms with Crippen molar-refractivity contribution in [3.05, 3.63) is 18.2 Å². The van der Waals surface area contributed by atoms with Gasteiger partial charge in [-0.2, -0.15) is 0 Å². The summed E-state index contributed by atoms with van der Waals surface area (Å²) in [7, 11) is -3.61. The Balaban J connectivity index is 1.63. The monoisotopic (exact) mass is 352 g/mol. The number of rotatable bonds is 5. The Kier molecular flexibility index (Phi) is 4.75. The van der Waals surface area contributed by atoms with Gasteiger partial charge in [0.15, 0.2) is 16.4 Å². The van der Waals surface area contributed by atoms with Crippen molar-refractivity contribution in [2.45, 2.75) is 43.0 Å². The molecule has 1 heterocycles. The molecule has 130 valence electrons. The fourth-order valence-electron chi connectivity index (χ4n) is 2.97. The molecule has 0 saturated heterocycles. The maximum absolute atomic E-state index is 12.4. The number of anilines is 1. The van der Waals surface area contributed by atoms with Crippen molar-refractivity contribution in [3.63, 3.8) is 0 Å². The molecule has 1 aromatic carbocycles. The van der Waals surface area contributed by atoms with Crippen LogP contribution in [0.3, 0.4) is 0 Å². The summed E-state index contributed by atoms with van der Waals surface area (Å²) < 4.78 is 30.0. The molecule has 3 rings (SSSR count). The molecule has 1 aliphatic carbocycles. The van der Waals surface area contributed by atoms with E-state index in [4.69, 9.17) is 4.74 Å². The van der Waals surface area contributed by atoms with Crippen LogP contribution in [0, 0.1) is 0 Å². The maximum atomic E-state index is 12.4. The van der Waals surface area contributed by atoms with Gasteiger partial charge in [-0.1, -0.05) is 12.8 Å². The van der Waals surface area contributed by atoms with E-state index in [1.54, 1.807) is 0 Å². The van der Waals surface area contributed by atoms with Crippen molar-refractivity contribution in [1.29, 1.82) is 0 Å². The number of ether oxygens (including phenoxy) is 1. The SMILES string of the molecule is O=C1COc2ccc(S(=O)(=O)CCC(=O)NC3CCCC3)cc2N1. The second-order valence-corrected chi connectivity index (χ2v) is 8.22. The lowest BCUT2D eigenvalue weighted by atomic mass is 10.2. The molecular weight excluding hydrogens is 332 g/mol. The number of fused-ring (bicyclic) bond motifs is 1. The van der Waals surface area contributed by atoms with Gasteiger partial charge in [0.25, 0.3) is 5.91 Å². The van der Waals surface area contributed by atoms with E-state index < -0.39 is 9.84 Å². The van der Waals surface area contributed by atoms with E-state index in [2.05, 4.69) is 10.6 Å². The highest BCUT2D eigenvalue weighted by Crippen LogP contribution is 2.30. The molecule has 0 aromatic heterocycles. The Morgan fingerprint density at radius 1 is 1.29 bits per heavy atom. The highest BCUT2D eigenvalue weighted by Gasteiger charge is 2.23. The van der Waals surface area contributed by atoms with Gasteiger partial charge in [0.05, 0.1) is 16.3 Å². The highest BCUT2D eigenvalue weighted by molar-refractivity contribution is 7.91. The van der Waals surface area contributed by atoms with Crippen molar-refractivity contribution in [2.24, 2.45) is 0 Å². The molecule has 7 nitrogen and oxygen atoms in total. The van der Waals surface area contributed by atoms with Crippen LogP contribution in [0.15, 0.2) is 23.1 Å². The van der Waals surface area contributed by atoms with Crippen LogP contribution in [0.4, 0.5) is 5.69 Å². The molecule has 0 radical (unpaired) electrons. The number of carbonyl (C=O) groups is 2. The van der Waals surface area contributed by atoms with Crippen LogP contribution in [0.2, 0.25) is 0 Å². The van der Waals surface area contributed by atoms with E-state index in [0.29, 0.717) is 11.4 Å². The standard InChI is InChI=1S/C16H20N2O5S/c19-15(17-11-3-1-2-4-11)7-8-24(21,22)12-5-6-14-13(9-12)18-16(20)10-23-14/h5-6,9,11H,1-4,7-8,10H2,(H,17,19)(H,18,20). The predicted octanol–water partition coefficient (Wildman–Crippen LogP) is 1.24. The van der Waals surface area contributed by atoms with Crippen molar-refractivity contribution < 1.29 is 22.7 Å². The minimum absolute atomic E-state index is 0.0701. The van der Waals surface area contributed by atoms with Gasteiger partial charge in [0, 0.05) is 12.5 Å². The normalized spacial score (nSPS) is 17.8. The Labute approximate surface area is 140 Å². The quantitative estimate of drug-likeness (QED) is 0.830. The molecule has 0 atom stereocenters. The molecule has 1 aromatic rings. The lowest BCUT2D eigenvalue weighted by Gasteiger charge is -2.18. The first-order chi connectivity index (χ1) is 11.4. The van der Waals surface area contributed by atoms with Crippen molar-refractivity contribution in [1.82, 2.24) is 5.32 Å². The molecule has 8 heteroatoms. The van der Waals surface area contributed by atoms with Crippen LogP contribution in [0.25, 0.3) is 0 Å². The molecule has 2 amide bonds. The van der Waals surface area contributed by atoms with Gasteiger partial charge in [0.2, 0.25) is 5.91 Å². The summed E-state index contributed by atoms with van der Waals surface area (Å²) in [6.45, 7) is -0.0829. The third-order valence-electron chi connectivity index (χ3n) is 4.26. The molecule has 1 aliphatic heterocycles. The number of hydrogen-bond donors (Lipinski definition) is 2. The summed E-state index contributed by atoms with van der Waals surface area (Å²) in [5.41, 5.74) is 0.336. The molecule has 2 N–H and O–H groups in total. The first kappa shape index (κ1) is 16.8. The molecule has 1 fully saturated rings. The van der Waals surface area contributed by atoms with Crippen LogP contribution in [-0.2, 0) is 19.4 Å². The summed E-state index contributed by atoms with van der Waals surface area (Å²) >= 11 is 0. The smallest absolute Gasteiger partial charge is 0.262 e. The number of benzene rings is 1. The van der Waals surface area contributed by atoms with E-state index >= 15 is 0 Å². The average Bonchev–Trinajstić information content (AvgIpc) is 3.05. The number of sulfone groups is 1. The number of hydrogen-bond acceptors (Lipinski definition) is 5. The summed E-state index contributed by atoms with van der Waals surface area (Å²) in [4.78, 5) is 23.3. The fourth-order valence-corrected chi connectivity index (χ4v) is 4.23. The van der Waals surface area contributed by atoms with E-state index in [9.17, 15) is 18.0 Å². The highest BCUT2D eigenvalue weighted by atomic mass is 32.2. The summed E-state index contributed by atoms with van der Waals surface area (Å²) in [5, 5.41) is 5.46. The Morgan fingerprint density at radius 3 is 2.79 bits per heavy atom. The number of amides is 2. The van der Waals surface area contributed by atoms with Gasteiger partial charge in [-0.25, -0.2) is 8.42 Å². The Bertz CT molecular complexity index is 754. The fraction of sp³-hybridized carbons (Fsp3) is 0.500. The number of nitrogens with one attached hydrogen (secondary N) is 2. The largest absolute Gasteiger partial charge is 0.482 e. The molecule has 2 aliphatic rings. The van der Waals surface area contributed by atoms with Crippen molar-refractivity contribution >= 4 is 27.3 Å². The van der Waals surface area contributed by atoms with E-state index in [1.807, 2.05) is 0 Å². The summed E-state index contributed by atoms with van der Waals surface area (Å²) in [6, 6.07) is 4.49. The van der Waals surface area contributed by atoms with Crippen LogP contribution in [-0.4, -0.2) is 38.6 Å². The Morgan fingerprint density at radius 2 is 2.04 bits per heavy atom.